The predicted octanol–water partition coefficient (Wildman–Crippen LogP) is 2.52. The van der Waals surface area contributed by atoms with E-state index in [0.717, 1.165) is 9.13 Å². The zero-order valence-corrected chi connectivity index (χ0v) is 11.4. The molecule has 88 valence electrons. The second-order valence-electron chi connectivity index (χ2n) is 3.61. The number of nitrogens with zero attached hydrogens (tertiary/aromatic N) is 1. The molecule has 0 saturated heterocycles. The highest BCUT2D eigenvalue weighted by atomic mass is 127. The van der Waals surface area contributed by atoms with Crippen LogP contribution < -0.4 is 5.32 Å². The van der Waals surface area contributed by atoms with Gasteiger partial charge in [-0.1, -0.05) is 17.3 Å². The molecule has 0 saturated carbocycles. The smallest absolute Gasteiger partial charge is 0.252 e. The number of aryl methyl sites for hydroxylation is 1. The maximum Gasteiger partial charge on any atom is 0.252 e. The number of aromatic nitrogens is 1. The molecule has 0 radical (unpaired) electrons. The van der Waals surface area contributed by atoms with Gasteiger partial charge in [0, 0.05) is 9.64 Å². The van der Waals surface area contributed by atoms with Crippen LogP contribution >= 0.6 is 22.6 Å². The Morgan fingerprint density at radius 2 is 2.29 bits per heavy atom. The van der Waals surface area contributed by atoms with Crippen molar-refractivity contribution in [3.8, 4) is 0 Å². The van der Waals surface area contributed by atoms with Crippen LogP contribution in [0.3, 0.4) is 0 Å². The van der Waals surface area contributed by atoms with E-state index in [-0.39, 0.29) is 5.91 Å². The number of hydrogen-bond acceptors (Lipinski definition) is 3. The van der Waals surface area contributed by atoms with Crippen molar-refractivity contribution in [2.75, 3.05) is 0 Å². The molecule has 0 unspecified atom stereocenters. The van der Waals surface area contributed by atoms with Crippen LogP contribution in [0.4, 0.5) is 0 Å². The largest absolute Gasteiger partial charge is 0.364 e. The van der Waals surface area contributed by atoms with Gasteiger partial charge >= 0.3 is 0 Å². The number of benzene rings is 1. The first-order valence-electron chi connectivity index (χ1n) is 5.11. The van der Waals surface area contributed by atoms with E-state index in [0.29, 0.717) is 17.8 Å². The van der Waals surface area contributed by atoms with Crippen LogP contribution in [-0.2, 0) is 6.54 Å². The van der Waals surface area contributed by atoms with E-state index in [9.17, 15) is 4.79 Å². The highest BCUT2D eigenvalue weighted by molar-refractivity contribution is 14.1. The number of carbonyl (C=O) groups is 1. The minimum Gasteiger partial charge on any atom is -0.364 e. The molecule has 0 aliphatic carbocycles. The summed E-state index contributed by atoms with van der Waals surface area (Å²) in [5, 5.41) is 6.53. The van der Waals surface area contributed by atoms with Crippen molar-refractivity contribution in [2.24, 2.45) is 0 Å². The average molecular weight is 342 g/mol. The first kappa shape index (κ1) is 12.1. The lowest BCUT2D eigenvalue weighted by atomic mass is 10.1. The van der Waals surface area contributed by atoms with Gasteiger partial charge in [0.05, 0.1) is 12.1 Å². The fraction of sp³-hybridized carbons (Fsp3) is 0.167. The van der Waals surface area contributed by atoms with Crippen LogP contribution in [0.15, 0.2) is 35.1 Å². The molecule has 0 fully saturated rings. The highest BCUT2D eigenvalue weighted by Crippen LogP contribution is 2.16. The first-order valence-corrected chi connectivity index (χ1v) is 6.19. The van der Waals surface area contributed by atoms with Crippen LogP contribution in [0.2, 0.25) is 0 Å². The molecule has 1 amide bonds. The van der Waals surface area contributed by atoms with Gasteiger partial charge in [0.25, 0.3) is 5.91 Å². The fourth-order valence-corrected chi connectivity index (χ4v) is 2.02. The lowest BCUT2D eigenvalue weighted by Gasteiger charge is -2.07. The van der Waals surface area contributed by atoms with Gasteiger partial charge < -0.3 is 9.84 Å². The van der Waals surface area contributed by atoms with Crippen LogP contribution in [-0.4, -0.2) is 11.1 Å². The van der Waals surface area contributed by atoms with Gasteiger partial charge in [-0.05, 0) is 41.1 Å². The Bertz CT molecular complexity index is 523. The Balaban J connectivity index is 2.07. The van der Waals surface area contributed by atoms with Crippen molar-refractivity contribution in [3.05, 3.63) is 50.9 Å². The third kappa shape index (κ3) is 2.85. The molecule has 5 heteroatoms. The zero-order chi connectivity index (χ0) is 12.3. The monoisotopic (exact) mass is 342 g/mol. The van der Waals surface area contributed by atoms with Crippen molar-refractivity contribution in [1.82, 2.24) is 10.5 Å². The molecule has 4 nitrogen and oxygen atoms in total. The second-order valence-corrected chi connectivity index (χ2v) is 4.69. The van der Waals surface area contributed by atoms with Crippen molar-refractivity contribution in [1.29, 1.82) is 0 Å². The summed E-state index contributed by atoms with van der Waals surface area (Å²) in [6.45, 7) is 2.36. The molecule has 2 aromatic rings. The molecular weight excluding hydrogens is 331 g/mol. The van der Waals surface area contributed by atoms with E-state index in [1.807, 2.05) is 25.1 Å². The second kappa shape index (κ2) is 5.31. The average Bonchev–Trinajstić information content (AvgIpc) is 2.82. The third-order valence-electron chi connectivity index (χ3n) is 2.36. The Kier molecular flexibility index (Phi) is 3.78. The molecular formula is C12H11IN2O2. The standard InChI is InChI=1S/C12H11IN2O2/c1-8-3-2-4-10(11(8)13)12(16)14-7-9-5-6-17-15-9/h2-6H,7H2,1H3,(H,14,16). The third-order valence-corrected chi connectivity index (χ3v) is 3.79. The Morgan fingerprint density at radius 1 is 1.47 bits per heavy atom. The van der Waals surface area contributed by atoms with Crippen molar-refractivity contribution in [3.63, 3.8) is 0 Å². The summed E-state index contributed by atoms with van der Waals surface area (Å²) in [4.78, 5) is 11.9. The number of carbonyl (C=O) groups excluding carboxylic acids is 1. The molecule has 1 N–H and O–H groups in total. The number of nitrogens with one attached hydrogen (secondary N) is 1. The minimum absolute atomic E-state index is 0.0962. The Morgan fingerprint density at radius 3 is 3.00 bits per heavy atom. The van der Waals surface area contributed by atoms with E-state index in [4.69, 9.17) is 4.52 Å². The van der Waals surface area contributed by atoms with Gasteiger partial charge in [-0.15, -0.1) is 0 Å². The minimum atomic E-state index is -0.0962. The molecule has 0 atom stereocenters. The summed E-state index contributed by atoms with van der Waals surface area (Å²) in [5.74, 6) is -0.0962. The number of amides is 1. The lowest BCUT2D eigenvalue weighted by molar-refractivity contribution is 0.0949. The van der Waals surface area contributed by atoms with E-state index in [1.165, 1.54) is 6.26 Å². The molecule has 1 aromatic carbocycles. The van der Waals surface area contributed by atoms with E-state index >= 15 is 0 Å². The normalized spacial score (nSPS) is 10.2. The number of halogens is 1. The lowest BCUT2D eigenvalue weighted by Crippen LogP contribution is -2.24. The van der Waals surface area contributed by atoms with E-state index in [2.05, 4.69) is 33.1 Å². The topological polar surface area (TPSA) is 55.1 Å². The van der Waals surface area contributed by atoms with Gasteiger partial charge in [-0.25, -0.2) is 0 Å². The summed E-state index contributed by atoms with van der Waals surface area (Å²) < 4.78 is 5.67. The quantitative estimate of drug-likeness (QED) is 0.872. The molecule has 2 rings (SSSR count). The van der Waals surface area contributed by atoms with Crippen molar-refractivity contribution < 1.29 is 9.32 Å². The predicted molar refractivity (Wildman–Crippen MR) is 71.6 cm³/mol. The molecule has 1 aromatic heterocycles. The van der Waals surface area contributed by atoms with Gasteiger partial charge in [-0.2, -0.15) is 0 Å². The van der Waals surface area contributed by atoms with Crippen LogP contribution in [0.25, 0.3) is 0 Å². The summed E-state index contributed by atoms with van der Waals surface area (Å²) in [6, 6.07) is 7.40. The maximum atomic E-state index is 11.9. The molecule has 0 aliphatic rings. The number of rotatable bonds is 3. The van der Waals surface area contributed by atoms with Crippen LogP contribution in [0, 0.1) is 10.5 Å². The van der Waals surface area contributed by atoms with Gasteiger partial charge in [0.15, 0.2) is 0 Å². The van der Waals surface area contributed by atoms with Crippen molar-refractivity contribution in [2.45, 2.75) is 13.5 Å². The summed E-state index contributed by atoms with van der Waals surface area (Å²) >= 11 is 2.18. The maximum absolute atomic E-state index is 11.9. The summed E-state index contributed by atoms with van der Waals surface area (Å²) in [6.07, 6.45) is 1.48. The first-order chi connectivity index (χ1) is 8.18. The summed E-state index contributed by atoms with van der Waals surface area (Å²) in [5.41, 5.74) is 2.50. The molecule has 0 spiro atoms. The highest BCUT2D eigenvalue weighted by Gasteiger charge is 2.11. The van der Waals surface area contributed by atoms with E-state index in [1.54, 1.807) is 6.07 Å². The Hall–Kier alpha value is -1.37. The van der Waals surface area contributed by atoms with Gasteiger partial charge in [0.2, 0.25) is 0 Å². The van der Waals surface area contributed by atoms with Crippen LogP contribution in [0.5, 0.6) is 0 Å². The molecule has 0 bridgehead atoms. The van der Waals surface area contributed by atoms with Gasteiger partial charge in [0.1, 0.15) is 12.0 Å². The molecule has 0 aliphatic heterocycles. The zero-order valence-electron chi connectivity index (χ0n) is 9.24. The van der Waals surface area contributed by atoms with Crippen molar-refractivity contribution >= 4 is 28.5 Å². The summed E-state index contributed by atoms with van der Waals surface area (Å²) in [7, 11) is 0. The SMILES string of the molecule is Cc1cccc(C(=O)NCc2ccon2)c1I. The molecule has 17 heavy (non-hydrogen) atoms. The van der Waals surface area contributed by atoms with E-state index < -0.39 is 0 Å². The number of hydrogen-bond donors (Lipinski definition) is 1. The molecule has 1 heterocycles. The van der Waals surface area contributed by atoms with Gasteiger partial charge in [-0.3, -0.25) is 4.79 Å². The Labute approximate surface area is 113 Å². The van der Waals surface area contributed by atoms with Crippen LogP contribution in [0.1, 0.15) is 21.6 Å². The fourth-order valence-electron chi connectivity index (χ4n) is 1.42.